The zero-order valence-electron chi connectivity index (χ0n) is 8.59. The van der Waals surface area contributed by atoms with Crippen molar-refractivity contribution in [3.63, 3.8) is 0 Å². The number of nitrogens with one attached hydrogen (secondary N) is 1. The minimum absolute atomic E-state index is 0.0367. The van der Waals surface area contributed by atoms with Crippen molar-refractivity contribution in [2.75, 3.05) is 12.3 Å². The van der Waals surface area contributed by atoms with E-state index in [2.05, 4.69) is 21.9 Å². The Morgan fingerprint density at radius 3 is 2.81 bits per heavy atom. The number of hydrogen-bond donors (Lipinski definition) is 2. The molecule has 5 nitrogen and oxygen atoms in total. The lowest BCUT2D eigenvalue weighted by atomic mass is 10.3. The van der Waals surface area contributed by atoms with Gasteiger partial charge in [-0.05, 0) is 12.1 Å². The number of sulfonamides is 1. The van der Waals surface area contributed by atoms with E-state index in [9.17, 15) is 8.42 Å². The maximum Gasteiger partial charge on any atom is 0.218 e. The lowest BCUT2D eigenvalue weighted by Gasteiger charge is -2.05. The fraction of sp³-hybridized carbons (Fsp3) is 0.333. The molecule has 0 unspecified atom stereocenters. The van der Waals surface area contributed by atoms with E-state index < -0.39 is 10.0 Å². The first kappa shape index (κ1) is 13.0. The van der Waals surface area contributed by atoms with Crippen molar-refractivity contribution < 1.29 is 8.42 Å². The van der Waals surface area contributed by atoms with Crippen LogP contribution in [0.4, 0.5) is 0 Å². The lowest BCUT2D eigenvalue weighted by molar-refractivity contribution is 0.585. The Morgan fingerprint density at radius 1 is 1.50 bits per heavy atom. The van der Waals surface area contributed by atoms with Crippen molar-refractivity contribution in [2.24, 2.45) is 5.73 Å². The standard InChI is InChI=1S/C9H13N3O2S2/c10-9(15)7-16(13,14)12-6-4-8-3-1-2-5-11-8/h1-3,5,12H,4,6-7H2,(H2,10,15). The minimum atomic E-state index is -3.39. The van der Waals surface area contributed by atoms with Crippen LogP contribution in [0.25, 0.3) is 0 Å². The summed E-state index contributed by atoms with van der Waals surface area (Å²) in [4.78, 5) is 4.04. The van der Waals surface area contributed by atoms with E-state index in [1.54, 1.807) is 12.3 Å². The Balaban J connectivity index is 2.39. The van der Waals surface area contributed by atoms with Crippen LogP contribution in [0.3, 0.4) is 0 Å². The molecule has 0 amide bonds. The molecule has 16 heavy (non-hydrogen) atoms. The summed E-state index contributed by atoms with van der Waals surface area (Å²) >= 11 is 4.53. The third kappa shape index (κ3) is 5.15. The maximum atomic E-state index is 11.3. The molecule has 1 aromatic rings. The van der Waals surface area contributed by atoms with Gasteiger partial charge >= 0.3 is 0 Å². The Kier molecular flexibility index (Phi) is 4.78. The Bertz CT molecular complexity index is 445. The van der Waals surface area contributed by atoms with Gasteiger partial charge in [-0.3, -0.25) is 4.98 Å². The van der Waals surface area contributed by atoms with Gasteiger partial charge < -0.3 is 5.73 Å². The number of aromatic nitrogens is 1. The molecule has 0 aliphatic heterocycles. The van der Waals surface area contributed by atoms with Gasteiger partial charge in [-0.15, -0.1) is 0 Å². The largest absolute Gasteiger partial charge is 0.392 e. The van der Waals surface area contributed by atoms with E-state index in [1.165, 1.54) is 0 Å². The quantitative estimate of drug-likeness (QED) is 0.693. The van der Waals surface area contributed by atoms with Gasteiger partial charge in [-0.25, -0.2) is 13.1 Å². The average molecular weight is 259 g/mol. The first-order valence-electron chi connectivity index (χ1n) is 4.65. The van der Waals surface area contributed by atoms with Crippen molar-refractivity contribution in [2.45, 2.75) is 6.42 Å². The van der Waals surface area contributed by atoms with Gasteiger partial charge in [0, 0.05) is 24.9 Å². The summed E-state index contributed by atoms with van der Waals surface area (Å²) in [7, 11) is -3.39. The third-order valence-electron chi connectivity index (χ3n) is 1.76. The van der Waals surface area contributed by atoms with Gasteiger partial charge in [0.25, 0.3) is 0 Å². The summed E-state index contributed by atoms with van der Waals surface area (Å²) < 4.78 is 25.1. The summed E-state index contributed by atoms with van der Waals surface area (Å²) in [6.07, 6.45) is 2.20. The van der Waals surface area contributed by atoms with E-state index >= 15 is 0 Å². The van der Waals surface area contributed by atoms with Crippen molar-refractivity contribution in [1.29, 1.82) is 0 Å². The van der Waals surface area contributed by atoms with Gasteiger partial charge in [0.2, 0.25) is 10.0 Å². The van der Waals surface area contributed by atoms with Crippen LogP contribution in [0.15, 0.2) is 24.4 Å². The molecular weight excluding hydrogens is 246 g/mol. The number of nitrogens with zero attached hydrogens (tertiary/aromatic N) is 1. The van der Waals surface area contributed by atoms with Crippen LogP contribution in [0, 0.1) is 0 Å². The zero-order chi connectivity index (χ0) is 12.0. The molecule has 7 heteroatoms. The number of pyridine rings is 1. The molecule has 1 heterocycles. The van der Waals surface area contributed by atoms with Crippen molar-refractivity contribution in [3.05, 3.63) is 30.1 Å². The molecule has 0 fully saturated rings. The fourth-order valence-electron chi connectivity index (χ4n) is 1.12. The minimum Gasteiger partial charge on any atom is -0.392 e. The van der Waals surface area contributed by atoms with Gasteiger partial charge in [0.05, 0.1) is 4.99 Å². The fourth-order valence-corrected chi connectivity index (χ4v) is 2.47. The Labute approximate surface area is 100 Å². The number of rotatable bonds is 6. The second kappa shape index (κ2) is 5.88. The predicted octanol–water partition coefficient (Wildman–Crippen LogP) is -0.170. The molecule has 0 saturated carbocycles. The zero-order valence-corrected chi connectivity index (χ0v) is 10.2. The van der Waals surface area contributed by atoms with E-state index in [0.29, 0.717) is 13.0 Å². The van der Waals surface area contributed by atoms with Gasteiger partial charge in [-0.1, -0.05) is 18.3 Å². The van der Waals surface area contributed by atoms with E-state index in [1.807, 2.05) is 12.1 Å². The topological polar surface area (TPSA) is 85.1 Å². The third-order valence-corrected chi connectivity index (χ3v) is 3.42. The van der Waals surface area contributed by atoms with Crippen molar-refractivity contribution in [1.82, 2.24) is 9.71 Å². The summed E-state index contributed by atoms with van der Waals surface area (Å²) in [5.74, 6) is -0.315. The van der Waals surface area contributed by atoms with Crippen molar-refractivity contribution in [3.8, 4) is 0 Å². The smallest absolute Gasteiger partial charge is 0.218 e. The highest BCUT2D eigenvalue weighted by Crippen LogP contribution is 1.94. The monoisotopic (exact) mass is 259 g/mol. The highest BCUT2D eigenvalue weighted by molar-refractivity contribution is 7.92. The molecule has 1 aromatic heterocycles. The van der Waals surface area contributed by atoms with Gasteiger partial charge in [-0.2, -0.15) is 0 Å². The second-order valence-electron chi connectivity index (χ2n) is 3.19. The van der Waals surface area contributed by atoms with E-state index in [0.717, 1.165) is 5.69 Å². The van der Waals surface area contributed by atoms with Crippen LogP contribution >= 0.6 is 12.2 Å². The van der Waals surface area contributed by atoms with Gasteiger partial charge in [0.1, 0.15) is 5.75 Å². The highest BCUT2D eigenvalue weighted by atomic mass is 32.2. The Hall–Kier alpha value is -1.05. The summed E-state index contributed by atoms with van der Waals surface area (Å²) in [5.41, 5.74) is 6.00. The SMILES string of the molecule is NC(=S)CS(=O)(=O)NCCc1ccccn1. The summed E-state index contributed by atoms with van der Waals surface area (Å²) in [6.45, 7) is 0.294. The molecule has 0 aromatic carbocycles. The molecule has 3 N–H and O–H groups in total. The molecule has 0 bridgehead atoms. The highest BCUT2D eigenvalue weighted by Gasteiger charge is 2.10. The molecule has 0 aliphatic carbocycles. The molecular formula is C9H13N3O2S2. The number of thiocarbonyl (C=S) groups is 1. The average Bonchev–Trinajstić information content (AvgIpc) is 2.16. The summed E-state index contributed by atoms with van der Waals surface area (Å²) in [5, 5.41) is 0. The van der Waals surface area contributed by atoms with Crippen LogP contribution in [0.1, 0.15) is 5.69 Å². The molecule has 88 valence electrons. The normalized spacial score (nSPS) is 11.2. The molecule has 1 rings (SSSR count). The predicted molar refractivity (Wildman–Crippen MR) is 66.5 cm³/mol. The molecule has 0 saturated heterocycles. The van der Waals surface area contributed by atoms with E-state index in [-0.39, 0.29) is 10.7 Å². The molecule has 0 radical (unpaired) electrons. The van der Waals surface area contributed by atoms with Crippen LogP contribution in [0.2, 0.25) is 0 Å². The number of nitrogens with two attached hydrogens (primary N) is 1. The van der Waals surface area contributed by atoms with Crippen LogP contribution in [0.5, 0.6) is 0 Å². The first-order valence-corrected chi connectivity index (χ1v) is 6.71. The molecule has 0 aliphatic rings. The Morgan fingerprint density at radius 2 is 2.25 bits per heavy atom. The lowest BCUT2D eigenvalue weighted by Crippen LogP contribution is -2.33. The van der Waals surface area contributed by atoms with Crippen LogP contribution in [-0.4, -0.2) is 30.7 Å². The first-order chi connectivity index (χ1) is 7.49. The second-order valence-corrected chi connectivity index (χ2v) is 5.52. The van der Waals surface area contributed by atoms with Crippen LogP contribution in [-0.2, 0) is 16.4 Å². The molecule has 0 spiro atoms. The number of hydrogen-bond acceptors (Lipinski definition) is 4. The maximum absolute atomic E-state index is 11.3. The van der Waals surface area contributed by atoms with Gasteiger partial charge in [0.15, 0.2) is 0 Å². The van der Waals surface area contributed by atoms with Crippen LogP contribution < -0.4 is 10.5 Å². The molecule has 0 atom stereocenters. The summed E-state index contributed by atoms with van der Waals surface area (Å²) in [6, 6.07) is 5.49. The van der Waals surface area contributed by atoms with E-state index in [4.69, 9.17) is 5.73 Å². The van der Waals surface area contributed by atoms with Crippen molar-refractivity contribution >= 4 is 27.2 Å².